The van der Waals surface area contributed by atoms with Crippen LogP contribution in [0.2, 0.25) is 5.02 Å². The van der Waals surface area contributed by atoms with E-state index in [1.807, 2.05) is 18.2 Å². The van der Waals surface area contributed by atoms with Crippen molar-refractivity contribution in [2.45, 2.75) is 19.9 Å². The second kappa shape index (κ2) is 6.45. The van der Waals surface area contributed by atoms with Gasteiger partial charge in [-0.05, 0) is 55.3 Å². The highest BCUT2D eigenvalue weighted by atomic mass is 79.9. The highest BCUT2D eigenvalue weighted by molar-refractivity contribution is 9.10. The van der Waals surface area contributed by atoms with Gasteiger partial charge in [-0.15, -0.1) is 0 Å². The first-order valence-electron chi connectivity index (χ1n) is 7.32. The predicted octanol–water partition coefficient (Wildman–Crippen LogP) is 4.92. The summed E-state index contributed by atoms with van der Waals surface area (Å²) in [5.41, 5.74) is 10.7. The molecular weight excluding hydrogens is 360 g/mol. The van der Waals surface area contributed by atoms with Crippen LogP contribution in [-0.4, -0.2) is 11.1 Å². The van der Waals surface area contributed by atoms with Crippen LogP contribution in [0.25, 0.3) is 10.9 Å². The Kier molecular flexibility index (Phi) is 4.57. The molecule has 0 spiro atoms. The molecule has 0 radical (unpaired) electrons. The maximum absolute atomic E-state index is 6.33. The van der Waals surface area contributed by atoms with Crippen LogP contribution in [-0.2, 0) is 13.0 Å². The van der Waals surface area contributed by atoms with Gasteiger partial charge in [-0.3, -0.25) is 0 Å². The number of nitrogens with two attached hydrogens (primary N) is 1. The molecule has 0 aliphatic rings. The quantitative estimate of drug-likeness (QED) is 0.687. The Balaban J connectivity index is 2.17. The normalized spacial score (nSPS) is 11.3. The van der Waals surface area contributed by atoms with Crippen LogP contribution < -0.4 is 5.73 Å². The first-order chi connectivity index (χ1) is 10.6. The molecule has 114 valence electrons. The van der Waals surface area contributed by atoms with E-state index in [0.717, 1.165) is 28.0 Å². The van der Waals surface area contributed by atoms with Gasteiger partial charge in [0.25, 0.3) is 0 Å². The molecule has 0 aliphatic carbocycles. The molecule has 0 unspecified atom stereocenters. The molecule has 3 rings (SSSR count). The van der Waals surface area contributed by atoms with Crippen molar-refractivity contribution in [3.8, 4) is 0 Å². The molecule has 22 heavy (non-hydrogen) atoms. The van der Waals surface area contributed by atoms with Gasteiger partial charge in [-0.25, -0.2) is 0 Å². The Hall–Kier alpha value is -1.29. The molecule has 0 amide bonds. The summed E-state index contributed by atoms with van der Waals surface area (Å²) in [4.78, 5) is 0. The molecule has 0 saturated carbocycles. The SMILES string of the molecule is Cc1c(CCN)c2cc(Br)ccc2n1Cc1ccccc1Cl. The molecule has 0 bridgehead atoms. The Morgan fingerprint density at radius 3 is 2.68 bits per heavy atom. The van der Waals surface area contributed by atoms with E-state index < -0.39 is 0 Å². The van der Waals surface area contributed by atoms with Gasteiger partial charge in [-0.1, -0.05) is 45.7 Å². The van der Waals surface area contributed by atoms with Crippen molar-refractivity contribution >= 4 is 38.4 Å². The molecular formula is C18H18BrClN2. The van der Waals surface area contributed by atoms with Gasteiger partial charge in [0.05, 0.1) is 0 Å². The lowest BCUT2D eigenvalue weighted by Crippen LogP contribution is -2.06. The van der Waals surface area contributed by atoms with E-state index in [1.54, 1.807) is 0 Å². The molecule has 2 N–H and O–H groups in total. The van der Waals surface area contributed by atoms with Crippen LogP contribution in [0.1, 0.15) is 16.8 Å². The zero-order chi connectivity index (χ0) is 15.7. The smallest absolute Gasteiger partial charge is 0.0493 e. The minimum atomic E-state index is 0.651. The van der Waals surface area contributed by atoms with Crippen molar-refractivity contribution in [3.63, 3.8) is 0 Å². The summed E-state index contributed by atoms with van der Waals surface area (Å²) in [7, 11) is 0. The van der Waals surface area contributed by atoms with Gasteiger partial charge < -0.3 is 10.3 Å². The maximum atomic E-state index is 6.33. The van der Waals surface area contributed by atoms with Crippen LogP contribution in [0.4, 0.5) is 0 Å². The molecule has 1 aromatic heterocycles. The lowest BCUT2D eigenvalue weighted by molar-refractivity contribution is 0.792. The van der Waals surface area contributed by atoms with Crippen molar-refractivity contribution < 1.29 is 0 Å². The van der Waals surface area contributed by atoms with Crippen molar-refractivity contribution in [2.24, 2.45) is 5.73 Å². The largest absolute Gasteiger partial charge is 0.340 e. The van der Waals surface area contributed by atoms with Gasteiger partial charge in [-0.2, -0.15) is 0 Å². The molecule has 0 fully saturated rings. The molecule has 2 nitrogen and oxygen atoms in total. The third-order valence-corrected chi connectivity index (χ3v) is 4.96. The molecule has 0 aliphatic heterocycles. The van der Waals surface area contributed by atoms with Gasteiger partial charge in [0.1, 0.15) is 0 Å². The monoisotopic (exact) mass is 376 g/mol. The second-order valence-corrected chi connectivity index (χ2v) is 6.76. The van der Waals surface area contributed by atoms with E-state index in [0.29, 0.717) is 6.54 Å². The third kappa shape index (κ3) is 2.81. The zero-order valence-electron chi connectivity index (χ0n) is 12.4. The molecule has 3 aromatic rings. The predicted molar refractivity (Wildman–Crippen MR) is 97.7 cm³/mol. The topological polar surface area (TPSA) is 30.9 Å². The number of benzene rings is 2. The summed E-state index contributed by atoms with van der Waals surface area (Å²) in [6.45, 7) is 3.59. The standard InChI is InChI=1S/C18H18BrClN2/c1-12-15(8-9-21)16-10-14(19)6-7-18(16)22(12)11-13-4-2-3-5-17(13)20/h2-7,10H,8-9,11,21H2,1H3. The summed E-state index contributed by atoms with van der Waals surface area (Å²) in [6.07, 6.45) is 0.883. The lowest BCUT2D eigenvalue weighted by Gasteiger charge is -2.10. The van der Waals surface area contributed by atoms with Crippen molar-refractivity contribution in [1.29, 1.82) is 0 Å². The summed E-state index contributed by atoms with van der Waals surface area (Å²) in [6, 6.07) is 14.4. The number of hydrogen-bond donors (Lipinski definition) is 1. The van der Waals surface area contributed by atoms with Gasteiger partial charge in [0.15, 0.2) is 0 Å². The first-order valence-corrected chi connectivity index (χ1v) is 8.49. The highest BCUT2D eigenvalue weighted by Gasteiger charge is 2.14. The van der Waals surface area contributed by atoms with E-state index in [-0.39, 0.29) is 0 Å². The molecule has 2 aromatic carbocycles. The Bertz CT molecular complexity index is 823. The fraction of sp³-hybridized carbons (Fsp3) is 0.222. The van der Waals surface area contributed by atoms with Crippen LogP contribution in [0.15, 0.2) is 46.9 Å². The van der Waals surface area contributed by atoms with E-state index in [4.69, 9.17) is 17.3 Å². The summed E-state index contributed by atoms with van der Waals surface area (Å²) in [5.74, 6) is 0. The summed E-state index contributed by atoms with van der Waals surface area (Å²) < 4.78 is 3.42. The summed E-state index contributed by atoms with van der Waals surface area (Å²) >= 11 is 9.90. The average Bonchev–Trinajstić information content (AvgIpc) is 2.75. The maximum Gasteiger partial charge on any atom is 0.0493 e. The van der Waals surface area contributed by atoms with E-state index >= 15 is 0 Å². The van der Waals surface area contributed by atoms with Crippen LogP contribution >= 0.6 is 27.5 Å². The van der Waals surface area contributed by atoms with Crippen LogP contribution in [0.3, 0.4) is 0 Å². The molecule has 4 heteroatoms. The number of fused-ring (bicyclic) bond motifs is 1. The number of aromatic nitrogens is 1. The van der Waals surface area contributed by atoms with E-state index in [9.17, 15) is 0 Å². The van der Waals surface area contributed by atoms with Gasteiger partial charge in [0, 0.05) is 32.6 Å². The number of halogens is 2. The minimum absolute atomic E-state index is 0.651. The first kappa shape index (κ1) is 15.6. The van der Waals surface area contributed by atoms with Gasteiger partial charge >= 0.3 is 0 Å². The van der Waals surface area contributed by atoms with Crippen molar-refractivity contribution in [1.82, 2.24) is 4.57 Å². The fourth-order valence-corrected chi connectivity index (χ4v) is 3.54. The van der Waals surface area contributed by atoms with Crippen LogP contribution in [0.5, 0.6) is 0 Å². The number of hydrogen-bond acceptors (Lipinski definition) is 1. The average molecular weight is 378 g/mol. The highest BCUT2D eigenvalue weighted by Crippen LogP contribution is 2.30. The number of nitrogens with zero attached hydrogens (tertiary/aromatic N) is 1. The van der Waals surface area contributed by atoms with Crippen LogP contribution in [0, 0.1) is 6.92 Å². The van der Waals surface area contributed by atoms with E-state index in [1.165, 1.54) is 22.2 Å². The van der Waals surface area contributed by atoms with Crippen molar-refractivity contribution in [2.75, 3.05) is 6.54 Å². The lowest BCUT2D eigenvalue weighted by atomic mass is 10.1. The number of rotatable bonds is 4. The molecule has 0 saturated heterocycles. The Labute approximate surface area is 144 Å². The Morgan fingerprint density at radius 1 is 1.18 bits per heavy atom. The minimum Gasteiger partial charge on any atom is -0.340 e. The molecule has 1 heterocycles. The van der Waals surface area contributed by atoms with Crippen molar-refractivity contribution in [3.05, 3.63) is 68.8 Å². The second-order valence-electron chi connectivity index (χ2n) is 5.44. The fourth-order valence-electron chi connectivity index (χ4n) is 2.98. The Morgan fingerprint density at radius 2 is 1.95 bits per heavy atom. The third-order valence-electron chi connectivity index (χ3n) is 4.10. The summed E-state index contributed by atoms with van der Waals surface area (Å²) in [5, 5.41) is 2.07. The molecule has 0 atom stereocenters. The zero-order valence-corrected chi connectivity index (χ0v) is 14.8. The van der Waals surface area contributed by atoms with E-state index in [2.05, 4.69) is 51.7 Å². The van der Waals surface area contributed by atoms with Gasteiger partial charge in [0.2, 0.25) is 0 Å².